The molecular weight excluding hydrogens is 332 g/mol. The van der Waals surface area contributed by atoms with Crippen LogP contribution in [0.15, 0.2) is 30.3 Å². The summed E-state index contributed by atoms with van der Waals surface area (Å²) in [5.41, 5.74) is 0.707. The molecule has 1 aromatic rings. The number of carbonyl (C=O) groups is 3. The van der Waals surface area contributed by atoms with Gasteiger partial charge in [0.25, 0.3) is 0 Å². The second kappa shape index (κ2) is 11.3. The zero-order chi connectivity index (χ0) is 19.5. The van der Waals surface area contributed by atoms with Crippen molar-refractivity contribution in [3.63, 3.8) is 0 Å². The quantitative estimate of drug-likeness (QED) is 0.628. The lowest BCUT2D eigenvalue weighted by Gasteiger charge is -2.27. The molecule has 7 nitrogen and oxygen atoms in total. The summed E-state index contributed by atoms with van der Waals surface area (Å²) < 4.78 is 0. The van der Waals surface area contributed by atoms with Gasteiger partial charge in [-0.05, 0) is 37.9 Å². The Morgan fingerprint density at radius 1 is 1.08 bits per heavy atom. The number of hydrogen-bond acceptors (Lipinski definition) is 4. The van der Waals surface area contributed by atoms with Crippen molar-refractivity contribution in [2.75, 3.05) is 25.0 Å². The van der Waals surface area contributed by atoms with Crippen molar-refractivity contribution >= 4 is 23.5 Å². The van der Waals surface area contributed by atoms with E-state index in [-0.39, 0.29) is 12.5 Å². The first-order valence-electron chi connectivity index (χ1n) is 9.01. The number of hydrogen-bond donors (Lipinski definition) is 3. The van der Waals surface area contributed by atoms with Crippen LogP contribution in [0.4, 0.5) is 10.5 Å². The summed E-state index contributed by atoms with van der Waals surface area (Å²) in [6.07, 6.45) is 0.787. The molecule has 0 aliphatic rings. The Morgan fingerprint density at radius 2 is 1.73 bits per heavy atom. The van der Waals surface area contributed by atoms with Crippen LogP contribution in [-0.2, 0) is 9.59 Å². The second-order valence-corrected chi connectivity index (χ2v) is 6.65. The standard InChI is InChI=1S/C19H30N4O3/c1-5-11-23(13-17(24)22-19(26)20-12-14(2)3)15(4)18(25)21-16-9-7-6-8-10-16/h6-10,14-15H,5,11-13H2,1-4H3,(H,21,25)(H2,20,22,24,26)/t15-/m0/s1. The number of anilines is 1. The second-order valence-electron chi connectivity index (χ2n) is 6.65. The maximum Gasteiger partial charge on any atom is 0.321 e. The number of urea groups is 1. The molecule has 26 heavy (non-hydrogen) atoms. The number of para-hydroxylation sites is 1. The number of benzene rings is 1. The van der Waals surface area contributed by atoms with Gasteiger partial charge >= 0.3 is 6.03 Å². The van der Waals surface area contributed by atoms with E-state index in [2.05, 4.69) is 16.0 Å². The molecule has 0 aliphatic carbocycles. The minimum absolute atomic E-state index is 0.0215. The fourth-order valence-corrected chi connectivity index (χ4v) is 2.32. The van der Waals surface area contributed by atoms with Gasteiger partial charge in [-0.25, -0.2) is 4.79 Å². The molecule has 7 heteroatoms. The van der Waals surface area contributed by atoms with E-state index in [4.69, 9.17) is 0 Å². The Balaban J connectivity index is 2.58. The molecule has 0 aliphatic heterocycles. The predicted octanol–water partition coefficient (Wildman–Crippen LogP) is 2.21. The van der Waals surface area contributed by atoms with Crippen LogP contribution in [0.3, 0.4) is 0 Å². The summed E-state index contributed by atoms with van der Waals surface area (Å²) in [6.45, 7) is 8.71. The monoisotopic (exact) mass is 362 g/mol. The summed E-state index contributed by atoms with van der Waals surface area (Å²) in [7, 11) is 0. The summed E-state index contributed by atoms with van der Waals surface area (Å²) in [5.74, 6) is -0.324. The highest BCUT2D eigenvalue weighted by Gasteiger charge is 2.23. The average molecular weight is 362 g/mol. The number of imide groups is 1. The van der Waals surface area contributed by atoms with Gasteiger partial charge in [-0.2, -0.15) is 0 Å². The molecule has 0 unspecified atom stereocenters. The van der Waals surface area contributed by atoms with Crippen molar-refractivity contribution in [1.29, 1.82) is 0 Å². The number of carbonyl (C=O) groups excluding carboxylic acids is 3. The summed E-state index contributed by atoms with van der Waals surface area (Å²) >= 11 is 0. The van der Waals surface area contributed by atoms with Crippen molar-refractivity contribution in [3.8, 4) is 0 Å². The lowest BCUT2D eigenvalue weighted by Crippen LogP contribution is -2.50. The Morgan fingerprint density at radius 3 is 2.31 bits per heavy atom. The molecule has 3 N–H and O–H groups in total. The Kier molecular flexibility index (Phi) is 9.36. The molecule has 0 spiro atoms. The molecule has 0 aromatic heterocycles. The van der Waals surface area contributed by atoms with E-state index in [1.807, 2.05) is 39.0 Å². The van der Waals surface area contributed by atoms with Crippen LogP contribution < -0.4 is 16.0 Å². The first-order chi connectivity index (χ1) is 12.3. The van der Waals surface area contributed by atoms with E-state index in [0.717, 1.165) is 6.42 Å². The zero-order valence-electron chi connectivity index (χ0n) is 16.0. The van der Waals surface area contributed by atoms with Crippen LogP contribution in [0.5, 0.6) is 0 Å². The normalized spacial score (nSPS) is 11.9. The molecule has 0 radical (unpaired) electrons. The van der Waals surface area contributed by atoms with Crippen LogP contribution in [-0.4, -0.2) is 48.4 Å². The van der Waals surface area contributed by atoms with Gasteiger partial charge in [-0.15, -0.1) is 0 Å². The van der Waals surface area contributed by atoms with Gasteiger partial charge in [-0.3, -0.25) is 19.8 Å². The van der Waals surface area contributed by atoms with E-state index in [0.29, 0.717) is 24.7 Å². The maximum atomic E-state index is 12.4. The lowest BCUT2D eigenvalue weighted by atomic mass is 10.2. The third-order valence-corrected chi connectivity index (χ3v) is 3.75. The predicted molar refractivity (Wildman–Crippen MR) is 103 cm³/mol. The Hall–Kier alpha value is -2.41. The largest absolute Gasteiger partial charge is 0.338 e. The van der Waals surface area contributed by atoms with Gasteiger partial charge in [0, 0.05) is 12.2 Å². The van der Waals surface area contributed by atoms with Gasteiger partial charge < -0.3 is 10.6 Å². The molecule has 1 atom stereocenters. The lowest BCUT2D eigenvalue weighted by molar-refractivity contribution is -0.124. The van der Waals surface area contributed by atoms with Gasteiger partial charge in [-0.1, -0.05) is 39.0 Å². The molecule has 0 bridgehead atoms. The number of amides is 4. The fraction of sp³-hybridized carbons (Fsp3) is 0.526. The highest BCUT2D eigenvalue weighted by atomic mass is 16.2. The molecule has 4 amide bonds. The number of nitrogens with one attached hydrogen (secondary N) is 3. The smallest absolute Gasteiger partial charge is 0.321 e. The maximum absolute atomic E-state index is 12.4. The van der Waals surface area contributed by atoms with Gasteiger partial charge in [0.15, 0.2) is 0 Å². The highest BCUT2D eigenvalue weighted by Crippen LogP contribution is 2.08. The molecule has 0 saturated heterocycles. The summed E-state index contributed by atoms with van der Waals surface area (Å²) in [5, 5.41) is 7.78. The minimum Gasteiger partial charge on any atom is -0.338 e. The van der Waals surface area contributed by atoms with Gasteiger partial charge in [0.05, 0.1) is 12.6 Å². The number of rotatable bonds is 9. The third kappa shape index (κ3) is 8.11. The summed E-state index contributed by atoms with van der Waals surface area (Å²) in [6, 6.07) is 8.15. The molecule has 144 valence electrons. The fourth-order valence-electron chi connectivity index (χ4n) is 2.32. The van der Waals surface area contributed by atoms with E-state index < -0.39 is 18.0 Å². The van der Waals surface area contributed by atoms with Crippen molar-refractivity contribution in [2.24, 2.45) is 5.92 Å². The molecular formula is C19H30N4O3. The first kappa shape index (κ1) is 21.6. The van der Waals surface area contributed by atoms with Crippen molar-refractivity contribution in [3.05, 3.63) is 30.3 Å². The van der Waals surface area contributed by atoms with E-state index >= 15 is 0 Å². The van der Waals surface area contributed by atoms with Crippen molar-refractivity contribution < 1.29 is 14.4 Å². The van der Waals surface area contributed by atoms with E-state index in [1.54, 1.807) is 24.0 Å². The van der Waals surface area contributed by atoms with E-state index in [9.17, 15) is 14.4 Å². The Labute approximate surface area is 155 Å². The minimum atomic E-state index is -0.512. The number of nitrogens with zero attached hydrogens (tertiary/aromatic N) is 1. The molecule has 1 aromatic carbocycles. The SMILES string of the molecule is CCCN(CC(=O)NC(=O)NCC(C)C)[C@@H](C)C(=O)Nc1ccccc1. The topological polar surface area (TPSA) is 90.5 Å². The Bertz CT molecular complexity index is 590. The van der Waals surface area contributed by atoms with Crippen molar-refractivity contribution in [2.45, 2.75) is 40.2 Å². The van der Waals surface area contributed by atoms with Crippen LogP contribution in [0, 0.1) is 5.92 Å². The zero-order valence-corrected chi connectivity index (χ0v) is 16.0. The van der Waals surface area contributed by atoms with Gasteiger partial charge in [0.1, 0.15) is 0 Å². The molecule has 0 fully saturated rings. The van der Waals surface area contributed by atoms with E-state index in [1.165, 1.54) is 0 Å². The molecule has 1 rings (SSSR count). The molecule has 0 saturated carbocycles. The highest BCUT2D eigenvalue weighted by molar-refractivity contribution is 5.97. The summed E-state index contributed by atoms with van der Waals surface area (Å²) in [4.78, 5) is 38.0. The van der Waals surface area contributed by atoms with Gasteiger partial charge in [0.2, 0.25) is 11.8 Å². The van der Waals surface area contributed by atoms with Crippen LogP contribution in [0.2, 0.25) is 0 Å². The van der Waals surface area contributed by atoms with Crippen LogP contribution >= 0.6 is 0 Å². The molecule has 0 heterocycles. The third-order valence-electron chi connectivity index (χ3n) is 3.75. The average Bonchev–Trinajstić information content (AvgIpc) is 2.59. The van der Waals surface area contributed by atoms with Crippen molar-refractivity contribution in [1.82, 2.24) is 15.5 Å². The van der Waals surface area contributed by atoms with Crippen LogP contribution in [0.25, 0.3) is 0 Å². The first-order valence-corrected chi connectivity index (χ1v) is 9.01. The van der Waals surface area contributed by atoms with Crippen LogP contribution in [0.1, 0.15) is 34.1 Å².